The second kappa shape index (κ2) is 13.9. The number of carbonyl (C=O) groups excluding carboxylic acids is 6. The molecule has 3 saturated carbocycles. The first-order valence-electron chi connectivity index (χ1n) is 20.0. The highest BCUT2D eigenvalue weighted by molar-refractivity contribution is 6.36. The van der Waals surface area contributed by atoms with E-state index in [1.807, 2.05) is 60.3 Å². The molecule has 2 spiro atoms. The normalized spacial score (nSPS) is 28.1. The van der Waals surface area contributed by atoms with Gasteiger partial charge in [0.2, 0.25) is 17.6 Å². The zero-order chi connectivity index (χ0) is 38.8. The van der Waals surface area contributed by atoms with Gasteiger partial charge in [0.25, 0.3) is 5.91 Å². The van der Waals surface area contributed by atoms with Crippen LogP contribution in [-0.4, -0.2) is 82.8 Å². The third-order valence-electron chi connectivity index (χ3n) is 14.8. The molecule has 5 fully saturated rings. The lowest BCUT2D eigenvalue weighted by Gasteiger charge is -2.45. The number of ether oxygens (including phenoxy) is 1. The van der Waals surface area contributed by atoms with E-state index in [-0.39, 0.29) is 58.9 Å². The van der Waals surface area contributed by atoms with Gasteiger partial charge in [0, 0.05) is 55.5 Å². The van der Waals surface area contributed by atoms with Crippen LogP contribution >= 0.6 is 0 Å². The molecule has 3 aliphatic carbocycles. The van der Waals surface area contributed by atoms with Gasteiger partial charge in [-0.3, -0.25) is 28.8 Å². The van der Waals surface area contributed by atoms with Gasteiger partial charge in [0.05, 0.1) is 24.8 Å². The lowest BCUT2D eigenvalue weighted by atomic mass is 9.72. The molecule has 0 aromatic rings. The van der Waals surface area contributed by atoms with Crippen molar-refractivity contribution in [2.45, 2.75) is 151 Å². The second-order valence-corrected chi connectivity index (χ2v) is 20.6. The van der Waals surface area contributed by atoms with Crippen LogP contribution in [0.2, 0.25) is 0 Å². The molecule has 292 valence electrons. The van der Waals surface area contributed by atoms with Crippen molar-refractivity contribution in [1.82, 2.24) is 9.80 Å². The number of Topliss-reactive ketones (excluding diaryl/α,β-unsaturated/α-hetero) is 3. The summed E-state index contributed by atoms with van der Waals surface area (Å²) in [6.07, 6.45) is 7.15. The Labute approximate surface area is 312 Å². The maximum atomic E-state index is 15.0. The Balaban J connectivity index is 1.40. The van der Waals surface area contributed by atoms with E-state index in [1.165, 1.54) is 0 Å². The summed E-state index contributed by atoms with van der Waals surface area (Å²) in [6.45, 7) is 22.1. The molecule has 0 aromatic carbocycles. The summed E-state index contributed by atoms with van der Waals surface area (Å²) in [4.78, 5) is 86.4. The first kappa shape index (κ1) is 40.6. The number of fused-ring (bicyclic) bond motifs is 1. The number of carbonyl (C=O) groups is 6. The number of morpholine rings is 1. The van der Waals surface area contributed by atoms with Crippen LogP contribution in [0, 0.1) is 50.7 Å². The van der Waals surface area contributed by atoms with Gasteiger partial charge in [0.1, 0.15) is 5.78 Å². The zero-order valence-corrected chi connectivity index (χ0v) is 33.8. The standard InChI is InChI=1S/C42H67N3O7/c1-37(2,3)29(21-28(46)22-30(38(4,5)6)36(51)45-17-18-52-25-39(45,7)8)35(50)44-24-42(40(9,10)41(42)15-12-16-41)23-31(44)32(47)20-27(33(48)34(43)49)19-26-13-11-14-26/h26-27,29-31H,11-25H2,1-10H3,(H2,43,49)/t27?,29-,30-,31+,42-/m1/s1. The van der Waals surface area contributed by atoms with Crippen molar-refractivity contribution in [1.29, 1.82) is 0 Å². The SMILES string of the molecule is CC(C)(C)[C@H](CC(=O)C[C@H](C(=O)N1CCOCC1(C)C)C(C)(C)C)C(=O)N1C[C@]2(C[C@H]1C(=O)CC(CC1CCC1)C(=O)C(N)=O)C(C)(C)C21CCC1. The Bertz CT molecular complexity index is 1460. The van der Waals surface area contributed by atoms with E-state index < -0.39 is 51.9 Å². The van der Waals surface area contributed by atoms with Crippen molar-refractivity contribution in [2.75, 3.05) is 26.3 Å². The molecule has 5 aliphatic rings. The minimum Gasteiger partial charge on any atom is -0.377 e. The monoisotopic (exact) mass is 725 g/mol. The van der Waals surface area contributed by atoms with E-state index in [9.17, 15) is 28.8 Å². The summed E-state index contributed by atoms with van der Waals surface area (Å²) < 4.78 is 5.66. The van der Waals surface area contributed by atoms with Crippen LogP contribution in [0.4, 0.5) is 0 Å². The van der Waals surface area contributed by atoms with E-state index >= 15 is 0 Å². The minimum atomic E-state index is -1.01. The van der Waals surface area contributed by atoms with Gasteiger partial charge in [-0.1, -0.05) is 81.1 Å². The Kier molecular flexibility index (Phi) is 10.8. The number of ketones is 3. The molecule has 0 bridgehead atoms. The minimum absolute atomic E-state index is 0.0240. The molecule has 10 nitrogen and oxygen atoms in total. The van der Waals surface area contributed by atoms with E-state index in [0.29, 0.717) is 45.1 Å². The number of hydrogen-bond acceptors (Lipinski definition) is 7. The van der Waals surface area contributed by atoms with Crippen LogP contribution < -0.4 is 5.73 Å². The lowest BCUT2D eigenvalue weighted by Crippen LogP contribution is -2.58. The van der Waals surface area contributed by atoms with Gasteiger partial charge in [-0.2, -0.15) is 0 Å². The molecular weight excluding hydrogens is 658 g/mol. The average molecular weight is 726 g/mol. The molecule has 1 unspecified atom stereocenters. The van der Waals surface area contributed by atoms with Crippen LogP contribution in [0.5, 0.6) is 0 Å². The van der Waals surface area contributed by atoms with Crippen molar-refractivity contribution in [3.8, 4) is 0 Å². The molecule has 5 atom stereocenters. The van der Waals surface area contributed by atoms with Crippen molar-refractivity contribution in [2.24, 2.45) is 56.5 Å². The largest absolute Gasteiger partial charge is 0.377 e. The third-order valence-corrected chi connectivity index (χ3v) is 14.8. The maximum absolute atomic E-state index is 15.0. The fraction of sp³-hybridized carbons (Fsp3) is 0.857. The first-order chi connectivity index (χ1) is 23.9. The van der Waals surface area contributed by atoms with E-state index in [4.69, 9.17) is 10.5 Å². The summed E-state index contributed by atoms with van der Waals surface area (Å²) in [5, 5.41) is 0. The molecular formula is C42H67N3O7. The van der Waals surface area contributed by atoms with Crippen LogP contribution in [0.25, 0.3) is 0 Å². The topological polar surface area (TPSA) is 144 Å². The fourth-order valence-corrected chi connectivity index (χ4v) is 10.8. The average Bonchev–Trinajstić information content (AvgIpc) is 3.20. The Morgan fingerprint density at radius 3 is 1.83 bits per heavy atom. The number of rotatable bonds is 13. The molecule has 2 heterocycles. The fourth-order valence-electron chi connectivity index (χ4n) is 10.8. The Morgan fingerprint density at radius 2 is 1.38 bits per heavy atom. The van der Waals surface area contributed by atoms with Crippen LogP contribution in [0.15, 0.2) is 0 Å². The van der Waals surface area contributed by atoms with Crippen molar-refractivity contribution in [3.63, 3.8) is 0 Å². The van der Waals surface area contributed by atoms with Gasteiger partial charge in [-0.05, 0) is 67.1 Å². The van der Waals surface area contributed by atoms with Gasteiger partial charge in [-0.25, -0.2) is 0 Å². The molecule has 5 rings (SSSR count). The second-order valence-electron chi connectivity index (χ2n) is 20.6. The molecule has 10 heteroatoms. The smallest absolute Gasteiger partial charge is 0.285 e. The maximum Gasteiger partial charge on any atom is 0.285 e. The Morgan fingerprint density at radius 1 is 0.808 bits per heavy atom. The van der Waals surface area contributed by atoms with Crippen molar-refractivity contribution in [3.05, 3.63) is 0 Å². The number of likely N-dealkylation sites (tertiary alicyclic amines) is 1. The van der Waals surface area contributed by atoms with Gasteiger partial charge in [0.15, 0.2) is 5.78 Å². The van der Waals surface area contributed by atoms with Crippen LogP contribution in [0.3, 0.4) is 0 Å². The van der Waals surface area contributed by atoms with Crippen LogP contribution in [-0.2, 0) is 33.5 Å². The summed E-state index contributed by atoms with van der Waals surface area (Å²) in [6, 6.07) is -0.733. The van der Waals surface area contributed by atoms with Crippen LogP contribution in [0.1, 0.15) is 140 Å². The molecule has 2 aliphatic heterocycles. The number of hydrogen-bond donors (Lipinski definition) is 1. The molecule has 0 aromatic heterocycles. The molecule has 2 N–H and O–H groups in total. The summed E-state index contributed by atoms with van der Waals surface area (Å²) in [5.74, 6) is -4.08. The van der Waals surface area contributed by atoms with Crippen molar-refractivity contribution < 1.29 is 33.5 Å². The van der Waals surface area contributed by atoms with E-state index in [1.54, 1.807) is 4.90 Å². The Hall–Kier alpha value is -2.62. The third kappa shape index (κ3) is 7.03. The summed E-state index contributed by atoms with van der Waals surface area (Å²) in [5.41, 5.74) is 3.68. The number of nitrogens with zero attached hydrogens (tertiary/aromatic N) is 2. The summed E-state index contributed by atoms with van der Waals surface area (Å²) in [7, 11) is 0. The highest BCUT2D eigenvalue weighted by atomic mass is 16.5. The van der Waals surface area contributed by atoms with Gasteiger partial charge in [-0.15, -0.1) is 0 Å². The zero-order valence-electron chi connectivity index (χ0n) is 33.8. The quantitative estimate of drug-likeness (QED) is 0.232. The predicted molar refractivity (Wildman–Crippen MR) is 199 cm³/mol. The van der Waals surface area contributed by atoms with Gasteiger partial charge < -0.3 is 20.3 Å². The molecule has 2 saturated heterocycles. The summed E-state index contributed by atoms with van der Waals surface area (Å²) >= 11 is 0. The molecule has 3 amide bonds. The predicted octanol–water partition coefficient (Wildman–Crippen LogP) is 5.92. The number of nitrogens with two attached hydrogens (primary N) is 1. The first-order valence-corrected chi connectivity index (χ1v) is 20.0. The highest BCUT2D eigenvalue weighted by Gasteiger charge is 2.85. The highest BCUT2D eigenvalue weighted by Crippen LogP contribution is 2.88. The number of primary amides is 1. The van der Waals surface area contributed by atoms with E-state index in [2.05, 4.69) is 13.8 Å². The lowest BCUT2D eigenvalue weighted by molar-refractivity contribution is -0.156. The van der Waals surface area contributed by atoms with Crippen molar-refractivity contribution >= 4 is 35.1 Å². The number of amides is 3. The molecule has 52 heavy (non-hydrogen) atoms. The molecule has 0 radical (unpaired) electrons. The van der Waals surface area contributed by atoms with Gasteiger partial charge >= 0.3 is 0 Å². The van der Waals surface area contributed by atoms with E-state index in [0.717, 1.165) is 38.5 Å².